The van der Waals surface area contributed by atoms with Crippen molar-refractivity contribution in [2.24, 2.45) is 0 Å². The lowest BCUT2D eigenvalue weighted by molar-refractivity contribution is 0.330. The number of aromatic hydroxyl groups is 1. The number of para-hydroxylation sites is 1. The molecule has 0 unspecified atom stereocenters. The number of aromatic nitrogens is 3. The lowest BCUT2D eigenvalue weighted by Gasteiger charge is -2.42. The molecule has 0 amide bonds. The van der Waals surface area contributed by atoms with Gasteiger partial charge in [0.25, 0.3) is 0 Å². The Morgan fingerprint density at radius 1 is 0.571 bits per heavy atom. The first kappa shape index (κ1) is 38.4. The van der Waals surface area contributed by atoms with Gasteiger partial charge in [0.1, 0.15) is 11.6 Å². The molecular formula is C59H61N3O. The fourth-order valence-electron chi connectivity index (χ4n) is 9.38. The topological polar surface area (TPSA) is 50.9 Å². The van der Waals surface area contributed by atoms with Crippen molar-refractivity contribution in [3.05, 3.63) is 167 Å². The van der Waals surface area contributed by atoms with Gasteiger partial charge in [-0.05, 0) is 140 Å². The van der Waals surface area contributed by atoms with E-state index in [0.29, 0.717) is 17.0 Å². The predicted molar refractivity (Wildman–Crippen MR) is 265 cm³/mol. The fourth-order valence-corrected chi connectivity index (χ4v) is 9.38. The monoisotopic (exact) mass is 831 g/mol. The van der Waals surface area contributed by atoms with E-state index in [1.165, 1.54) is 16.7 Å². The Hall–Kier alpha value is -6.26. The van der Waals surface area contributed by atoms with Crippen LogP contribution in [0.2, 0.25) is 0 Å². The van der Waals surface area contributed by atoms with Crippen molar-refractivity contribution in [1.82, 2.24) is 14.5 Å². The summed E-state index contributed by atoms with van der Waals surface area (Å²) in [5.41, 5.74) is 16.0. The third kappa shape index (κ3) is 7.79. The molecule has 0 fully saturated rings. The van der Waals surface area contributed by atoms with E-state index in [1.54, 1.807) is 12.1 Å². The van der Waals surface area contributed by atoms with Gasteiger partial charge in [-0.3, -0.25) is 9.55 Å². The van der Waals surface area contributed by atoms with Crippen LogP contribution in [0.5, 0.6) is 5.75 Å². The van der Waals surface area contributed by atoms with Gasteiger partial charge < -0.3 is 5.11 Å². The molecule has 0 saturated carbocycles. The molecule has 2 heterocycles. The number of pyridine rings is 1. The fraction of sp³-hybridized carbons (Fsp3) is 0.288. The molecule has 1 aliphatic rings. The standard InChI is InChI=1S/C59H61N3O/c1-37-20-22-38(23-21-37)40-26-29-60-50(33-40)42-30-41(31-44(32-42)57(5,6)7)45-18-15-19-52-54(45)61-55(47-35-48-49(36-53(47)63)59(10,11)28-27-58(48,8)9)62(52)51-25-24-43(56(2,3)4)34-46(51)39-16-13-12-14-17-39/h12-26,29-36,63H,27-28H2,1-11H3/i1D3. The summed E-state index contributed by atoms with van der Waals surface area (Å²) in [6.07, 6.45) is 3.91. The molecule has 4 nitrogen and oxygen atoms in total. The van der Waals surface area contributed by atoms with Crippen LogP contribution in [0.1, 0.15) is 114 Å². The number of hydrogen-bond acceptors (Lipinski definition) is 3. The second-order valence-corrected chi connectivity index (χ2v) is 21.0. The van der Waals surface area contributed by atoms with Crippen LogP contribution in [-0.2, 0) is 21.7 Å². The van der Waals surface area contributed by atoms with Gasteiger partial charge in [0.05, 0.1) is 28.0 Å². The average molecular weight is 831 g/mol. The number of hydrogen-bond donors (Lipinski definition) is 1. The Morgan fingerprint density at radius 2 is 1.25 bits per heavy atom. The molecule has 8 aromatic rings. The summed E-state index contributed by atoms with van der Waals surface area (Å²) in [7, 11) is 0. The first-order chi connectivity index (χ1) is 31.0. The molecule has 318 valence electrons. The molecule has 0 aliphatic heterocycles. The third-order valence-corrected chi connectivity index (χ3v) is 13.5. The first-order valence-corrected chi connectivity index (χ1v) is 22.3. The summed E-state index contributed by atoms with van der Waals surface area (Å²) in [5, 5.41) is 12.3. The maximum absolute atomic E-state index is 12.3. The Labute approximate surface area is 379 Å². The number of imidazole rings is 1. The number of aryl methyl sites for hydroxylation is 1. The summed E-state index contributed by atoms with van der Waals surface area (Å²) in [5.74, 6) is 0.907. The van der Waals surface area contributed by atoms with Gasteiger partial charge in [0.15, 0.2) is 0 Å². The Kier molecular flexibility index (Phi) is 9.28. The minimum atomic E-state index is -2.17. The molecule has 0 saturated heterocycles. The number of benzene rings is 6. The maximum Gasteiger partial charge on any atom is 0.149 e. The Morgan fingerprint density at radius 3 is 1.94 bits per heavy atom. The third-order valence-electron chi connectivity index (χ3n) is 13.5. The van der Waals surface area contributed by atoms with Gasteiger partial charge in [0, 0.05) is 27.0 Å². The van der Waals surface area contributed by atoms with Crippen LogP contribution in [0, 0.1) is 6.85 Å². The van der Waals surface area contributed by atoms with E-state index in [4.69, 9.17) is 14.1 Å². The van der Waals surface area contributed by atoms with Crippen molar-refractivity contribution in [3.8, 4) is 67.5 Å². The van der Waals surface area contributed by atoms with E-state index >= 15 is 0 Å². The molecular weight excluding hydrogens is 767 g/mol. The first-order valence-electron chi connectivity index (χ1n) is 23.8. The van der Waals surface area contributed by atoms with Crippen LogP contribution >= 0.6 is 0 Å². The average Bonchev–Trinajstić information content (AvgIpc) is 3.66. The number of phenols is 1. The van der Waals surface area contributed by atoms with Crippen LogP contribution in [0.25, 0.3) is 72.7 Å². The smallest absolute Gasteiger partial charge is 0.149 e. The largest absolute Gasteiger partial charge is 0.507 e. The minimum Gasteiger partial charge on any atom is -0.507 e. The molecule has 0 bridgehead atoms. The van der Waals surface area contributed by atoms with Crippen LogP contribution in [-0.4, -0.2) is 19.6 Å². The van der Waals surface area contributed by atoms with E-state index in [9.17, 15) is 5.11 Å². The van der Waals surface area contributed by atoms with Crippen LogP contribution < -0.4 is 0 Å². The second kappa shape index (κ2) is 15.2. The van der Waals surface area contributed by atoms with Crippen molar-refractivity contribution in [2.75, 3.05) is 0 Å². The molecule has 1 N–H and O–H groups in total. The summed E-state index contributed by atoms with van der Waals surface area (Å²) >= 11 is 0. The van der Waals surface area contributed by atoms with E-state index in [2.05, 4.69) is 171 Å². The Balaban J connectivity index is 1.31. The minimum absolute atomic E-state index is 0.0775. The van der Waals surface area contributed by atoms with Gasteiger partial charge in [-0.15, -0.1) is 0 Å². The van der Waals surface area contributed by atoms with Crippen molar-refractivity contribution in [2.45, 2.75) is 111 Å². The summed E-state index contributed by atoms with van der Waals surface area (Å²) in [4.78, 5) is 10.6. The van der Waals surface area contributed by atoms with Crippen molar-refractivity contribution < 1.29 is 9.22 Å². The van der Waals surface area contributed by atoms with E-state index < -0.39 is 6.85 Å². The summed E-state index contributed by atoms with van der Waals surface area (Å²) < 4.78 is 25.8. The highest BCUT2D eigenvalue weighted by molar-refractivity contribution is 5.98. The van der Waals surface area contributed by atoms with Gasteiger partial charge in [0.2, 0.25) is 0 Å². The highest BCUT2D eigenvalue weighted by Crippen LogP contribution is 2.50. The molecule has 4 heteroatoms. The van der Waals surface area contributed by atoms with Crippen molar-refractivity contribution >= 4 is 11.0 Å². The molecule has 63 heavy (non-hydrogen) atoms. The van der Waals surface area contributed by atoms with Crippen LogP contribution in [0.3, 0.4) is 0 Å². The van der Waals surface area contributed by atoms with Gasteiger partial charge in [-0.1, -0.05) is 154 Å². The normalized spacial score (nSPS) is 15.7. The van der Waals surface area contributed by atoms with Crippen molar-refractivity contribution in [3.63, 3.8) is 0 Å². The van der Waals surface area contributed by atoms with Gasteiger partial charge >= 0.3 is 0 Å². The molecule has 9 rings (SSSR count). The molecule has 6 aromatic carbocycles. The molecule has 0 radical (unpaired) electrons. The summed E-state index contributed by atoms with van der Waals surface area (Å²) in [6, 6.07) is 45.9. The SMILES string of the molecule is [2H]C([2H])([2H])c1ccc(-c2ccnc(-c3cc(-c4cccc5c4nc(-c4cc6c(cc4O)C(C)(C)CCC6(C)C)n5-c4ccc(C(C)(C)C)cc4-c4ccccc4)cc(C(C)(C)C)c3)c2)cc1. The maximum atomic E-state index is 12.3. The summed E-state index contributed by atoms with van der Waals surface area (Å²) in [6.45, 7) is 20.5. The molecule has 2 aromatic heterocycles. The number of rotatable bonds is 6. The lowest BCUT2D eigenvalue weighted by atomic mass is 9.63. The number of nitrogens with zero attached hydrogens (tertiary/aromatic N) is 3. The number of phenolic OH excluding ortho intramolecular Hbond substituents is 1. The second-order valence-electron chi connectivity index (χ2n) is 21.0. The van der Waals surface area contributed by atoms with Gasteiger partial charge in [-0.25, -0.2) is 4.98 Å². The van der Waals surface area contributed by atoms with E-state index in [0.717, 1.165) is 79.8 Å². The number of fused-ring (bicyclic) bond motifs is 2. The predicted octanol–water partition coefficient (Wildman–Crippen LogP) is 15.7. The highest BCUT2D eigenvalue weighted by atomic mass is 16.3. The Bertz CT molecular complexity index is 3140. The zero-order valence-corrected chi connectivity index (χ0v) is 38.5. The molecule has 0 atom stereocenters. The quantitative estimate of drug-likeness (QED) is 0.182. The van der Waals surface area contributed by atoms with E-state index in [1.807, 2.05) is 30.5 Å². The van der Waals surface area contributed by atoms with Gasteiger partial charge in [-0.2, -0.15) is 0 Å². The zero-order chi connectivity index (χ0) is 47.1. The molecule has 0 spiro atoms. The lowest BCUT2D eigenvalue weighted by Crippen LogP contribution is -2.33. The van der Waals surface area contributed by atoms with Crippen LogP contribution in [0.4, 0.5) is 0 Å². The van der Waals surface area contributed by atoms with Crippen molar-refractivity contribution in [1.29, 1.82) is 0 Å². The van der Waals surface area contributed by atoms with E-state index in [-0.39, 0.29) is 27.4 Å². The highest BCUT2D eigenvalue weighted by Gasteiger charge is 2.38. The van der Waals surface area contributed by atoms with Crippen LogP contribution in [0.15, 0.2) is 140 Å². The zero-order valence-electron chi connectivity index (χ0n) is 41.5. The molecule has 1 aliphatic carbocycles.